The molecule has 1 aliphatic rings. The molecule has 1 atom stereocenters. The summed E-state index contributed by atoms with van der Waals surface area (Å²) in [5.74, 6) is 0.774. The summed E-state index contributed by atoms with van der Waals surface area (Å²) in [7, 11) is 0. The quantitative estimate of drug-likeness (QED) is 0.251. The van der Waals surface area contributed by atoms with Crippen molar-refractivity contribution in [2.75, 3.05) is 39.5 Å². The van der Waals surface area contributed by atoms with Gasteiger partial charge in [-0.3, -0.25) is 4.99 Å². The van der Waals surface area contributed by atoms with E-state index in [0.29, 0.717) is 25.8 Å². The molecule has 1 amide bonds. The number of unbranched alkanes of at least 4 members (excludes halogenated alkanes) is 1. The SMILES string of the molecule is CCCCC(CNC(=O)OC(C)(C)C)NC(=NCCCOC1CCOCC1)NCC. The highest BCUT2D eigenvalue weighted by atomic mass is 16.6. The van der Waals surface area contributed by atoms with Gasteiger partial charge in [0.05, 0.1) is 6.10 Å². The van der Waals surface area contributed by atoms with Crippen molar-refractivity contribution in [3.8, 4) is 0 Å². The smallest absolute Gasteiger partial charge is 0.407 e. The first-order chi connectivity index (χ1) is 14.3. The number of guanidine groups is 1. The third-order valence-corrected chi connectivity index (χ3v) is 4.58. The first-order valence-corrected chi connectivity index (χ1v) is 11.5. The van der Waals surface area contributed by atoms with Crippen molar-refractivity contribution in [3.05, 3.63) is 0 Å². The fourth-order valence-electron chi connectivity index (χ4n) is 3.06. The molecule has 0 aromatic heterocycles. The molecule has 0 radical (unpaired) electrons. The van der Waals surface area contributed by atoms with Crippen LogP contribution in [0.1, 0.15) is 73.1 Å². The molecule has 0 aromatic rings. The number of hydrogen-bond acceptors (Lipinski definition) is 5. The number of nitrogens with one attached hydrogen (secondary N) is 3. The van der Waals surface area contributed by atoms with Gasteiger partial charge in [0.2, 0.25) is 0 Å². The molecule has 1 fully saturated rings. The van der Waals surface area contributed by atoms with Gasteiger partial charge < -0.3 is 30.2 Å². The number of carbonyl (C=O) groups excluding carboxylic acids is 1. The second-order valence-electron chi connectivity index (χ2n) is 8.66. The van der Waals surface area contributed by atoms with Crippen LogP contribution in [-0.4, -0.2) is 69.3 Å². The fraction of sp³-hybridized carbons (Fsp3) is 0.909. The number of ether oxygens (including phenoxy) is 3. The molecule has 0 aliphatic carbocycles. The number of aliphatic imine (C=N–C) groups is 1. The Labute approximate surface area is 182 Å². The molecule has 0 spiro atoms. The summed E-state index contributed by atoms with van der Waals surface area (Å²) in [6.45, 7) is 14.1. The van der Waals surface area contributed by atoms with E-state index in [1.54, 1.807) is 0 Å². The van der Waals surface area contributed by atoms with Gasteiger partial charge in [-0.1, -0.05) is 19.8 Å². The maximum Gasteiger partial charge on any atom is 0.407 e. The van der Waals surface area contributed by atoms with Crippen molar-refractivity contribution >= 4 is 12.1 Å². The number of nitrogens with zero attached hydrogens (tertiary/aromatic N) is 1. The lowest BCUT2D eigenvalue weighted by molar-refractivity contribution is -0.0318. The highest BCUT2D eigenvalue weighted by molar-refractivity contribution is 5.80. The van der Waals surface area contributed by atoms with Crippen LogP contribution in [0.3, 0.4) is 0 Å². The average molecular weight is 429 g/mol. The zero-order valence-corrected chi connectivity index (χ0v) is 19.7. The molecular weight excluding hydrogens is 384 g/mol. The largest absolute Gasteiger partial charge is 0.444 e. The van der Waals surface area contributed by atoms with Crippen LogP contribution in [0.25, 0.3) is 0 Å². The number of hydrogen-bond donors (Lipinski definition) is 3. The van der Waals surface area contributed by atoms with E-state index in [1.165, 1.54) is 0 Å². The van der Waals surface area contributed by atoms with Gasteiger partial charge in [-0.05, 0) is 53.4 Å². The van der Waals surface area contributed by atoms with E-state index in [9.17, 15) is 4.79 Å². The molecule has 0 aromatic carbocycles. The standard InChI is InChI=1S/C22H44N4O4/c1-6-8-10-18(17-25-21(27)30-22(3,4)5)26-20(23-7-2)24-13-9-14-29-19-11-15-28-16-12-19/h18-19H,6-17H2,1-5H3,(H,25,27)(H2,23,24,26). The van der Waals surface area contributed by atoms with Crippen LogP contribution in [0, 0.1) is 0 Å². The molecule has 176 valence electrons. The van der Waals surface area contributed by atoms with Crippen LogP contribution in [0.15, 0.2) is 4.99 Å². The molecular formula is C22H44N4O4. The minimum atomic E-state index is -0.500. The van der Waals surface area contributed by atoms with Crippen molar-refractivity contribution in [2.45, 2.75) is 90.9 Å². The summed E-state index contributed by atoms with van der Waals surface area (Å²) in [6.07, 6.45) is 5.90. The maximum atomic E-state index is 12.0. The van der Waals surface area contributed by atoms with Crippen molar-refractivity contribution in [1.82, 2.24) is 16.0 Å². The Morgan fingerprint density at radius 2 is 1.90 bits per heavy atom. The van der Waals surface area contributed by atoms with Gasteiger partial charge in [0.1, 0.15) is 5.60 Å². The lowest BCUT2D eigenvalue weighted by Gasteiger charge is -2.24. The summed E-state index contributed by atoms with van der Waals surface area (Å²) in [6, 6.07) is 0.0914. The first-order valence-electron chi connectivity index (χ1n) is 11.5. The summed E-state index contributed by atoms with van der Waals surface area (Å²) >= 11 is 0. The highest BCUT2D eigenvalue weighted by Gasteiger charge is 2.18. The van der Waals surface area contributed by atoms with Crippen molar-refractivity contribution in [1.29, 1.82) is 0 Å². The lowest BCUT2D eigenvalue weighted by atomic mass is 10.1. The van der Waals surface area contributed by atoms with Gasteiger partial charge in [0.15, 0.2) is 5.96 Å². The Morgan fingerprint density at radius 3 is 2.53 bits per heavy atom. The molecule has 8 heteroatoms. The Hall–Kier alpha value is -1.54. The summed E-state index contributed by atoms with van der Waals surface area (Å²) < 4.78 is 16.6. The van der Waals surface area contributed by atoms with Crippen molar-refractivity contribution in [2.24, 2.45) is 4.99 Å². The van der Waals surface area contributed by atoms with E-state index in [4.69, 9.17) is 14.2 Å². The minimum absolute atomic E-state index is 0.0914. The molecule has 1 aliphatic heterocycles. The Balaban J connectivity index is 2.45. The predicted octanol–water partition coefficient (Wildman–Crippen LogP) is 3.21. The van der Waals surface area contributed by atoms with Gasteiger partial charge in [-0.25, -0.2) is 4.79 Å². The summed E-state index contributed by atoms with van der Waals surface area (Å²) in [4.78, 5) is 16.7. The number of rotatable bonds is 12. The second kappa shape index (κ2) is 15.3. The van der Waals surface area contributed by atoms with E-state index in [2.05, 4.69) is 27.9 Å². The first kappa shape index (κ1) is 26.5. The normalized spacial score (nSPS) is 16.8. The molecule has 0 saturated carbocycles. The van der Waals surface area contributed by atoms with Gasteiger partial charge >= 0.3 is 6.09 Å². The van der Waals surface area contributed by atoms with Crippen LogP contribution in [-0.2, 0) is 14.2 Å². The predicted molar refractivity (Wildman–Crippen MR) is 121 cm³/mol. The second-order valence-corrected chi connectivity index (χ2v) is 8.66. The molecule has 1 heterocycles. The van der Waals surface area contributed by atoms with E-state index in [1.807, 2.05) is 27.7 Å². The van der Waals surface area contributed by atoms with Crippen LogP contribution in [0.4, 0.5) is 4.79 Å². The van der Waals surface area contributed by atoms with E-state index in [0.717, 1.165) is 64.2 Å². The molecule has 1 unspecified atom stereocenters. The van der Waals surface area contributed by atoms with Gasteiger partial charge in [-0.2, -0.15) is 0 Å². The third kappa shape index (κ3) is 13.6. The van der Waals surface area contributed by atoms with Gasteiger partial charge in [0, 0.05) is 45.5 Å². The third-order valence-electron chi connectivity index (χ3n) is 4.58. The molecule has 30 heavy (non-hydrogen) atoms. The number of alkyl carbamates (subject to hydrolysis) is 1. The Bertz CT molecular complexity index is 488. The Morgan fingerprint density at radius 1 is 1.17 bits per heavy atom. The van der Waals surface area contributed by atoms with Crippen LogP contribution < -0.4 is 16.0 Å². The highest BCUT2D eigenvalue weighted by Crippen LogP contribution is 2.10. The Kier molecular flexibility index (Phi) is 13.5. The molecule has 8 nitrogen and oxygen atoms in total. The van der Waals surface area contributed by atoms with Crippen LogP contribution in [0.2, 0.25) is 0 Å². The summed E-state index contributed by atoms with van der Waals surface area (Å²) in [5, 5.41) is 9.62. The average Bonchev–Trinajstić information content (AvgIpc) is 2.69. The number of carbonyl (C=O) groups is 1. The van der Waals surface area contributed by atoms with Crippen molar-refractivity contribution < 1.29 is 19.0 Å². The fourth-order valence-corrected chi connectivity index (χ4v) is 3.06. The monoisotopic (exact) mass is 428 g/mol. The summed E-state index contributed by atoms with van der Waals surface area (Å²) in [5.41, 5.74) is -0.500. The van der Waals surface area contributed by atoms with Gasteiger partial charge in [-0.15, -0.1) is 0 Å². The van der Waals surface area contributed by atoms with Gasteiger partial charge in [0.25, 0.3) is 0 Å². The van der Waals surface area contributed by atoms with Crippen LogP contribution >= 0.6 is 0 Å². The molecule has 3 N–H and O–H groups in total. The van der Waals surface area contributed by atoms with E-state index in [-0.39, 0.29) is 6.04 Å². The van der Waals surface area contributed by atoms with Crippen LogP contribution in [0.5, 0.6) is 0 Å². The topological polar surface area (TPSA) is 93.2 Å². The van der Waals surface area contributed by atoms with E-state index >= 15 is 0 Å². The zero-order valence-electron chi connectivity index (χ0n) is 19.7. The maximum absolute atomic E-state index is 12.0. The number of amides is 1. The molecule has 1 saturated heterocycles. The molecule has 0 bridgehead atoms. The van der Waals surface area contributed by atoms with Crippen molar-refractivity contribution in [3.63, 3.8) is 0 Å². The minimum Gasteiger partial charge on any atom is -0.444 e. The zero-order chi connectivity index (χ0) is 22.2. The lowest BCUT2D eigenvalue weighted by Crippen LogP contribution is -2.49. The van der Waals surface area contributed by atoms with E-state index < -0.39 is 11.7 Å². The molecule has 1 rings (SSSR count).